The van der Waals surface area contributed by atoms with Gasteiger partial charge in [-0.1, -0.05) is 135 Å². The normalized spacial score (nSPS) is 11.7. The maximum Gasteiger partial charge on any atom is 0.0541 e. The van der Waals surface area contributed by atoms with Gasteiger partial charge in [0.05, 0.1) is 11.0 Å². The van der Waals surface area contributed by atoms with Crippen LogP contribution in [0.15, 0.2) is 146 Å². The van der Waals surface area contributed by atoms with E-state index in [0.29, 0.717) is 5.92 Å². The number of fused-ring (bicyclic) bond motifs is 3. The van der Waals surface area contributed by atoms with Gasteiger partial charge in [-0.25, -0.2) is 0 Å². The van der Waals surface area contributed by atoms with E-state index in [1.807, 2.05) is 0 Å². The number of para-hydroxylation sites is 2. The highest BCUT2D eigenvalue weighted by atomic mass is 15.0. The molecule has 0 saturated carbocycles. The van der Waals surface area contributed by atoms with Crippen LogP contribution in [-0.2, 0) is 0 Å². The maximum atomic E-state index is 2.38. The van der Waals surface area contributed by atoms with Crippen LogP contribution in [0, 0.1) is 13.8 Å². The first-order valence-electron chi connectivity index (χ1n) is 15.4. The molecule has 0 radical (unpaired) electrons. The van der Waals surface area contributed by atoms with Gasteiger partial charge < -0.3 is 4.57 Å². The first-order chi connectivity index (χ1) is 21.0. The minimum absolute atomic E-state index is 0.579. The molecule has 0 N–H and O–H groups in total. The summed E-state index contributed by atoms with van der Waals surface area (Å²) < 4.78 is 2.38. The standard InChI is InChI=1S/C28H25N.C14H14/c1-3-20(2)21-10-8-11-22(18-21)23-12-9-13-24(19-23)29-27-16-6-4-14-25(27)26-15-5-7-17-28(26)29;1-11-7-3-5-9-13(11)14-10-6-4-8-12(14)2/h4-20H,3H2,1-2H3;3-10H,1-2H3. The summed E-state index contributed by atoms with van der Waals surface area (Å²) in [6.07, 6.45) is 1.16. The lowest BCUT2D eigenvalue weighted by atomic mass is 9.94. The fraction of sp³-hybridized carbons (Fsp3) is 0.143. The Bertz CT molecular complexity index is 1910. The van der Waals surface area contributed by atoms with Gasteiger partial charge in [-0.3, -0.25) is 0 Å². The molecule has 0 aliphatic carbocycles. The molecule has 0 fully saturated rings. The van der Waals surface area contributed by atoms with Gasteiger partial charge >= 0.3 is 0 Å². The Labute approximate surface area is 256 Å². The maximum absolute atomic E-state index is 2.38. The quantitative estimate of drug-likeness (QED) is 0.198. The Morgan fingerprint density at radius 2 is 1.00 bits per heavy atom. The Morgan fingerprint density at radius 1 is 0.512 bits per heavy atom. The van der Waals surface area contributed by atoms with Crippen LogP contribution in [0.4, 0.5) is 0 Å². The zero-order valence-corrected chi connectivity index (χ0v) is 25.6. The van der Waals surface area contributed by atoms with Crippen molar-refractivity contribution < 1.29 is 0 Å². The zero-order valence-electron chi connectivity index (χ0n) is 25.6. The number of aromatic nitrogens is 1. The molecule has 0 aliphatic rings. The van der Waals surface area contributed by atoms with Crippen LogP contribution in [0.5, 0.6) is 0 Å². The van der Waals surface area contributed by atoms with Crippen LogP contribution in [-0.4, -0.2) is 4.57 Å². The predicted octanol–water partition coefficient (Wildman–Crippen LogP) is 11.9. The van der Waals surface area contributed by atoms with E-state index in [1.54, 1.807) is 0 Å². The predicted molar refractivity (Wildman–Crippen MR) is 186 cm³/mol. The van der Waals surface area contributed by atoms with Gasteiger partial charge in [0, 0.05) is 16.5 Å². The second kappa shape index (κ2) is 12.5. The first kappa shape index (κ1) is 28.2. The van der Waals surface area contributed by atoms with Crippen molar-refractivity contribution >= 4 is 21.8 Å². The van der Waals surface area contributed by atoms with E-state index in [1.165, 1.54) is 66.4 Å². The molecule has 43 heavy (non-hydrogen) atoms. The fourth-order valence-corrected chi connectivity index (χ4v) is 6.04. The molecule has 1 atom stereocenters. The molecule has 7 rings (SSSR count). The van der Waals surface area contributed by atoms with E-state index >= 15 is 0 Å². The van der Waals surface area contributed by atoms with Crippen molar-refractivity contribution in [2.45, 2.75) is 40.0 Å². The van der Waals surface area contributed by atoms with Gasteiger partial charge in [0.1, 0.15) is 0 Å². The summed E-state index contributed by atoms with van der Waals surface area (Å²) in [4.78, 5) is 0. The molecule has 1 heterocycles. The fourth-order valence-electron chi connectivity index (χ4n) is 6.04. The first-order valence-corrected chi connectivity index (χ1v) is 15.4. The van der Waals surface area contributed by atoms with Gasteiger partial charge in [-0.2, -0.15) is 0 Å². The van der Waals surface area contributed by atoms with Crippen LogP contribution in [0.2, 0.25) is 0 Å². The van der Waals surface area contributed by atoms with E-state index < -0.39 is 0 Å². The molecule has 7 aromatic rings. The molecule has 0 amide bonds. The lowest BCUT2D eigenvalue weighted by Crippen LogP contribution is -1.95. The molecular formula is C42H39N. The van der Waals surface area contributed by atoms with Crippen molar-refractivity contribution in [3.63, 3.8) is 0 Å². The molecule has 0 bridgehead atoms. The highest BCUT2D eigenvalue weighted by Crippen LogP contribution is 2.34. The van der Waals surface area contributed by atoms with Gasteiger partial charge in [-0.15, -0.1) is 0 Å². The lowest BCUT2D eigenvalue weighted by molar-refractivity contribution is 0.734. The van der Waals surface area contributed by atoms with Crippen molar-refractivity contribution in [3.8, 4) is 27.9 Å². The average Bonchev–Trinajstić information content (AvgIpc) is 3.40. The smallest absolute Gasteiger partial charge is 0.0541 e. The highest BCUT2D eigenvalue weighted by molar-refractivity contribution is 6.09. The second-order valence-electron chi connectivity index (χ2n) is 11.5. The molecular weight excluding hydrogens is 518 g/mol. The highest BCUT2D eigenvalue weighted by Gasteiger charge is 2.12. The Morgan fingerprint density at radius 3 is 1.56 bits per heavy atom. The second-order valence-corrected chi connectivity index (χ2v) is 11.5. The average molecular weight is 558 g/mol. The van der Waals surface area contributed by atoms with Crippen LogP contribution in [0.25, 0.3) is 49.7 Å². The van der Waals surface area contributed by atoms with Crippen LogP contribution >= 0.6 is 0 Å². The van der Waals surface area contributed by atoms with Crippen LogP contribution in [0.1, 0.15) is 42.9 Å². The molecule has 1 aromatic heterocycles. The monoisotopic (exact) mass is 557 g/mol. The minimum Gasteiger partial charge on any atom is -0.309 e. The lowest BCUT2D eigenvalue weighted by Gasteiger charge is -2.13. The van der Waals surface area contributed by atoms with E-state index in [4.69, 9.17) is 0 Å². The van der Waals surface area contributed by atoms with Crippen molar-refractivity contribution in [1.82, 2.24) is 4.57 Å². The van der Waals surface area contributed by atoms with E-state index in [0.717, 1.165) is 6.42 Å². The summed E-state index contributed by atoms with van der Waals surface area (Å²) in [5, 5.41) is 2.60. The van der Waals surface area contributed by atoms with E-state index in [2.05, 4.69) is 178 Å². The number of benzene rings is 6. The van der Waals surface area contributed by atoms with E-state index in [-0.39, 0.29) is 0 Å². The SMILES string of the molecule is CCC(C)c1cccc(-c2cccc(-n3c4ccccc4c4ccccc43)c2)c1.Cc1ccccc1-c1ccccc1C. The summed E-state index contributed by atoms with van der Waals surface area (Å²) in [5.41, 5.74) is 13.0. The van der Waals surface area contributed by atoms with Gasteiger partial charge in [0.25, 0.3) is 0 Å². The number of rotatable bonds is 5. The molecule has 0 spiro atoms. The third-order valence-corrected chi connectivity index (χ3v) is 8.67. The van der Waals surface area contributed by atoms with Crippen molar-refractivity contribution in [2.75, 3.05) is 0 Å². The van der Waals surface area contributed by atoms with Crippen LogP contribution in [0.3, 0.4) is 0 Å². The summed E-state index contributed by atoms with van der Waals surface area (Å²) in [5.74, 6) is 0.579. The molecule has 0 saturated heterocycles. The molecule has 1 heteroatoms. The molecule has 1 unspecified atom stereocenters. The van der Waals surface area contributed by atoms with Gasteiger partial charge in [0.2, 0.25) is 0 Å². The zero-order chi connectivity index (χ0) is 29.8. The van der Waals surface area contributed by atoms with Crippen LogP contribution < -0.4 is 0 Å². The molecule has 1 nitrogen and oxygen atoms in total. The number of hydrogen-bond donors (Lipinski definition) is 0. The summed E-state index contributed by atoms with van der Waals surface area (Å²) in [6.45, 7) is 8.86. The third-order valence-electron chi connectivity index (χ3n) is 8.67. The molecule has 6 aromatic carbocycles. The summed E-state index contributed by atoms with van der Waals surface area (Å²) >= 11 is 0. The Hall–Kier alpha value is -4.88. The number of hydrogen-bond acceptors (Lipinski definition) is 0. The molecule has 0 aliphatic heterocycles. The summed E-state index contributed by atoms with van der Waals surface area (Å²) in [6, 6.07) is 52.3. The van der Waals surface area contributed by atoms with Gasteiger partial charge in [-0.05, 0) is 89.4 Å². The van der Waals surface area contributed by atoms with Crippen molar-refractivity contribution in [2.24, 2.45) is 0 Å². The Kier molecular flexibility index (Phi) is 8.24. The van der Waals surface area contributed by atoms with Crippen molar-refractivity contribution in [3.05, 3.63) is 162 Å². The largest absolute Gasteiger partial charge is 0.309 e. The number of nitrogens with zero attached hydrogens (tertiary/aromatic N) is 1. The topological polar surface area (TPSA) is 4.93 Å². The Balaban J connectivity index is 0.000000197. The molecule has 212 valence electrons. The van der Waals surface area contributed by atoms with Gasteiger partial charge in [0.15, 0.2) is 0 Å². The van der Waals surface area contributed by atoms with Crippen molar-refractivity contribution in [1.29, 1.82) is 0 Å². The summed E-state index contributed by atoms with van der Waals surface area (Å²) in [7, 11) is 0. The minimum atomic E-state index is 0.579. The third kappa shape index (κ3) is 5.76. The number of aryl methyl sites for hydroxylation is 2. The van der Waals surface area contributed by atoms with E-state index in [9.17, 15) is 0 Å².